The maximum absolute atomic E-state index is 5.93. The first-order valence-corrected chi connectivity index (χ1v) is 6.95. The van der Waals surface area contributed by atoms with Crippen molar-refractivity contribution >= 4 is 0 Å². The molecule has 1 aromatic carbocycles. The summed E-state index contributed by atoms with van der Waals surface area (Å²) in [5.41, 5.74) is 1.24. The molecule has 0 aromatic heterocycles. The minimum absolute atomic E-state index is 0.300. The molecule has 2 rings (SSSR count). The van der Waals surface area contributed by atoms with Gasteiger partial charge >= 0.3 is 0 Å². The minimum atomic E-state index is 0.300. The predicted octanol–water partition coefficient (Wildman–Crippen LogP) is 3.30. The van der Waals surface area contributed by atoms with E-state index in [1.54, 1.807) is 0 Å². The molecule has 1 aliphatic rings. The van der Waals surface area contributed by atoms with Crippen LogP contribution in [0.5, 0.6) is 11.5 Å². The lowest BCUT2D eigenvalue weighted by Gasteiger charge is -2.16. The average molecular weight is 249 g/mol. The van der Waals surface area contributed by atoms with Crippen LogP contribution in [0.3, 0.4) is 0 Å². The molecular formula is C15H23NO2. The normalized spacial score (nSPS) is 17.7. The first kappa shape index (κ1) is 13.2. The van der Waals surface area contributed by atoms with E-state index in [1.165, 1.54) is 5.56 Å². The standard InChI is InChI=1S/C15H23NO2/c1-4-11(5-2)18-12-7-8-13-14(16-6-3)10-17-15(13)9-12/h7-9,11,14,16H,4-6,10H2,1-3H3. The van der Waals surface area contributed by atoms with Crippen molar-refractivity contribution in [2.75, 3.05) is 13.2 Å². The minimum Gasteiger partial charge on any atom is -0.491 e. The summed E-state index contributed by atoms with van der Waals surface area (Å²) in [6.45, 7) is 8.10. The molecule has 18 heavy (non-hydrogen) atoms. The fourth-order valence-corrected chi connectivity index (χ4v) is 2.33. The van der Waals surface area contributed by atoms with Crippen LogP contribution >= 0.6 is 0 Å². The molecule has 0 bridgehead atoms. The van der Waals surface area contributed by atoms with Gasteiger partial charge in [-0.3, -0.25) is 0 Å². The van der Waals surface area contributed by atoms with Gasteiger partial charge in [-0.05, 0) is 31.5 Å². The highest BCUT2D eigenvalue weighted by Crippen LogP contribution is 2.35. The molecule has 1 aliphatic heterocycles. The zero-order valence-corrected chi connectivity index (χ0v) is 11.5. The second-order valence-corrected chi connectivity index (χ2v) is 4.68. The molecule has 3 heteroatoms. The molecule has 1 unspecified atom stereocenters. The van der Waals surface area contributed by atoms with Gasteiger partial charge in [0.15, 0.2) is 0 Å². The number of hydrogen-bond donors (Lipinski definition) is 1. The van der Waals surface area contributed by atoms with Gasteiger partial charge in [-0.1, -0.05) is 20.8 Å². The van der Waals surface area contributed by atoms with E-state index in [9.17, 15) is 0 Å². The van der Waals surface area contributed by atoms with Crippen molar-refractivity contribution in [2.45, 2.75) is 45.8 Å². The molecule has 0 spiro atoms. The number of ether oxygens (including phenoxy) is 2. The van der Waals surface area contributed by atoms with Crippen LogP contribution in [0.15, 0.2) is 18.2 Å². The van der Waals surface area contributed by atoms with Gasteiger partial charge in [0.25, 0.3) is 0 Å². The highest BCUT2D eigenvalue weighted by molar-refractivity contribution is 5.45. The van der Waals surface area contributed by atoms with E-state index in [0.29, 0.717) is 12.1 Å². The van der Waals surface area contributed by atoms with Gasteiger partial charge in [0.1, 0.15) is 18.1 Å². The van der Waals surface area contributed by atoms with Gasteiger partial charge in [-0.25, -0.2) is 0 Å². The molecule has 0 aliphatic carbocycles. The molecule has 0 saturated carbocycles. The number of likely N-dealkylation sites (N-methyl/N-ethyl adjacent to an activating group) is 1. The van der Waals surface area contributed by atoms with E-state index in [0.717, 1.165) is 37.5 Å². The Labute approximate surface area is 109 Å². The molecule has 100 valence electrons. The van der Waals surface area contributed by atoms with E-state index < -0.39 is 0 Å². The lowest BCUT2D eigenvalue weighted by Crippen LogP contribution is -2.21. The third-order valence-corrected chi connectivity index (χ3v) is 3.43. The van der Waals surface area contributed by atoms with Crippen molar-refractivity contribution in [1.82, 2.24) is 5.32 Å². The van der Waals surface area contributed by atoms with Gasteiger partial charge in [0, 0.05) is 11.6 Å². The maximum Gasteiger partial charge on any atom is 0.128 e. The van der Waals surface area contributed by atoms with Gasteiger partial charge in [0.2, 0.25) is 0 Å². The summed E-state index contributed by atoms with van der Waals surface area (Å²) >= 11 is 0. The highest BCUT2D eigenvalue weighted by Gasteiger charge is 2.23. The van der Waals surface area contributed by atoms with Crippen LogP contribution in [0.25, 0.3) is 0 Å². The van der Waals surface area contributed by atoms with Crippen LogP contribution in [0.4, 0.5) is 0 Å². The second kappa shape index (κ2) is 6.10. The summed E-state index contributed by atoms with van der Waals surface area (Å²) in [6.07, 6.45) is 2.37. The van der Waals surface area contributed by atoms with Crippen LogP contribution < -0.4 is 14.8 Å². The quantitative estimate of drug-likeness (QED) is 0.839. The van der Waals surface area contributed by atoms with E-state index in [-0.39, 0.29) is 0 Å². The fraction of sp³-hybridized carbons (Fsp3) is 0.600. The Kier molecular flexibility index (Phi) is 4.48. The number of benzene rings is 1. The Morgan fingerprint density at radius 3 is 2.78 bits per heavy atom. The SMILES string of the molecule is CCNC1COc2cc(OC(CC)CC)ccc21. The van der Waals surface area contributed by atoms with Crippen molar-refractivity contribution in [3.63, 3.8) is 0 Å². The number of rotatable bonds is 6. The number of hydrogen-bond acceptors (Lipinski definition) is 3. The van der Waals surface area contributed by atoms with Gasteiger partial charge in [-0.2, -0.15) is 0 Å². The predicted molar refractivity (Wildman–Crippen MR) is 73.4 cm³/mol. The zero-order chi connectivity index (χ0) is 13.0. The van der Waals surface area contributed by atoms with E-state index >= 15 is 0 Å². The van der Waals surface area contributed by atoms with E-state index in [4.69, 9.17) is 9.47 Å². The van der Waals surface area contributed by atoms with Gasteiger partial charge < -0.3 is 14.8 Å². The Balaban J connectivity index is 2.09. The van der Waals surface area contributed by atoms with Crippen molar-refractivity contribution < 1.29 is 9.47 Å². The molecule has 0 fully saturated rings. The maximum atomic E-state index is 5.93. The molecule has 0 amide bonds. The first-order chi connectivity index (χ1) is 8.78. The topological polar surface area (TPSA) is 30.5 Å². The Morgan fingerprint density at radius 1 is 1.33 bits per heavy atom. The van der Waals surface area contributed by atoms with Crippen LogP contribution in [-0.2, 0) is 0 Å². The zero-order valence-electron chi connectivity index (χ0n) is 11.5. The third-order valence-electron chi connectivity index (χ3n) is 3.43. The van der Waals surface area contributed by atoms with Gasteiger partial charge in [-0.15, -0.1) is 0 Å². The Morgan fingerprint density at radius 2 is 2.11 bits per heavy atom. The van der Waals surface area contributed by atoms with E-state index in [1.807, 2.05) is 6.07 Å². The molecular weight excluding hydrogens is 226 g/mol. The molecule has 1 aromatic rings. The van der Waals surface area contributed by atoms with Gasteiger partial charge in [0.05, 0.1) is 12.1 Å². The number of fused-ring (bicyclic) bond motifs is 1. The van der Waals surface area contributed by atoms with Crippen molar-refractivity contribution in [2.24, 2.45) is 0 Å². The summed E-state index contributed by atoms with van der Waals surface area (Å²) in [5, 5.41) is 3.42. The summed E-state index contributed by atoms with van der Waals surface area (Å²) in [6, 6.07) is 6.52. The lowest BCUT2D eigenvalue weighted by molar-refractivity contribution is 0.192. The van der Waals surface area contributed by atoms with Crippen molar-refractivity contribution in [1.29, 1.82) is 0 Å². The largest absolute Gasteiger partial charge is 0.491 e. The molecule has 1 N–H and O–H groups in total. The van der Waals surface area contributed by atoms with Crippen LogP contribution in [0, 0.1) is 0 Å². The first-order valence-electron chi connectivity index (χ1n) is 6.95. The molecule has 0 radical (unpaired) electrons. The Bertz CT molecular complexity index is 388. The third kappa shape index (κ3) is 2.78. The summed E-state index contributed by atoms with van der Waals surface area (Å²) in [4.78, 5) is 0. The van der Waals surface area contributed by atoms with E-state index in [2.05, 4.69) is 38.2 Å². The fourth-order valence-electron chi connectivity index (χ4n) is 2.33. The van der Waals surface area contributed by atoms with Crippen molar-refractivity contribution in [3.8, 4) is 11.5 Å². The molecule has 1 atom stereocenters. The monoisotopic (exact) mass is 249 g/mol. The second-order valence-electron chi connectivity index (χ2n) is 4.68. The number of nitrogens with one attached hydrogen (secondary N) is 1. The van der Waals surface area contributed by atoms with Crippen LogP contribution in [0.2, 0.25) is 0 Å². The average Bonchev–Trinajstić information content (AvgIpc) is 2.79. The molecule has 3 nitrogen and oxygen atoms in total. The summed E-state index contributed by atoms with van der Waals surface area (Å²) < 4.78 is 11.6. The smallest absolute Gasteiger partial charge is 0.128 e. The summed E-state index contributed by atoms with van der Waals surface area (Å²) in [5.74, 6) is 1.88. The van der Waals surface area contributed by atoms with Crippen LogP contribution in [-0.4, -0.2) is 19.3 Å². The molecule has 0 saturated heterocycles. The lowest BCUT2D eigenvalue weighted by atomic mass is 10.1. The molecule has 1 heterocycles. The highest BCUT2D eigenvalue weighted by atomic mass is 16.5. The van der Waals surface area contributed by atoms with Crippen molar-refractivity contribution in [3.05, 3.63) is 23.8 Å². The Hall–Kier alpha value is -1.22. The van der Waals surface area contributed by atoms with Crippen LogP contribution in [0.1, 0.15) is 45.2 Å². The summed E-state index contributed by atoms with van der Waals surface area (Å²) in [7, 11) is 0.